The van der Waals surface area contributed by atoms with Crippen LogP contribution in [0.15, 0.2) is 54.6 Å². The Morgan fingerprint density at radius 1 is 1.08 bits per heavy atom. The van der Waals surface area contributed by atoms with E-state index in [1.165, 1.54) is 0 Å². The molecular formula is C23H30O3. The van der Waals surface area contributed by atoms with Crippen LogP contribution >= 0.6 is 0 Å². The van der Waals surface area contributed by atoms with Gasteiger partial charge in [0.2, 0.25) is 5.79 Å². The molecule has 0 aromatic heterocycles. The fraction of sp³-hybridized carbons (Fsp3) is 0.478. The molecule has 1 fully saturated rings. The van der Waals surface area contributed by atoms with Gasteiger partial charge in [-0.05, 0) is 24.3 Å². The van der Waals surface area contributed by atoms with Crippen molar-refractivity contribution >= 4 is 0 Å². The first-order valence-corrected chi connectivity index (χ1v) is 9.81. The Bertz CT molecular complexity index is 685. The van der Waals surface area contributed by atoms with Gasteiger partial charge in [0.1, 0.15) is 0 Å². The average molecular weight is 354 g/mol. The van der Waals surface area contributed by atoms with E-state index in [9.17, 15) is 5.11 Å². The molecule has 26 heavy (non-hydrogen) atoms. The number of aliphatic hydroxyl groups is 1. The third-order valence-electron chi connectivity index (χ3n) is 5.43. The number of hydrogen-bond donors (Lipinski definition) is 1. The lowest BCUT2D eigenvalue weighted by Gasteiger charge is -2.44. The van der Waals surface area contributed by atoms with Gasteiger partial charge >= 0.3 is 0 Å². The van der Waals surface area contributed by atoms with Gasteiger partial charge in [-0.3, -0.25) is 0 Å². The third kappa shape index (κ3) is 3.71. The topological polar surface area (TPSA) is 38.7 Å². The Balaban J connectivity index is 2.07. The quantitative estimate of drug-likeness (QED) is 0.759. The summed E-state index contributed by atoms with van der Waals surface area (Å²) in [6.07, 6.45) is 4.48. The zero-order valence-corrected chi connectivity index (χ0v) is 15.9. The molecule has 1 aliphatic heterocycles. The lowest BCUT2D eigenvalue weighted by atomic mass is 9.88. The van der Waals surface area contributed by atoms with E-state index in [0.29, 0.717) is 12.5 Å². The second-order valence-corrected chi connectivity index (χ2v) is 7.05. The third-order valence-corrected chi connectivity index (χ3v) is 5.43. The maximum absolute atomic E-state index is 9.90. The fourth-order valence-electron chi connectivity index (χ4n) is 4.07. The average Bonchev–Trinajstić information content (AvgIpc) is 2.72. The predicted molar refractivity (Wildman–Crippen MR) is 104 cm³/mol. The van der Waals surface area contributed by atoms with Crippen molar-refractivity contribution in [1.82, 2.24) is 0 Å². The molecule has 3 atom stereocenters. The molecule has 0 amide bonds. The summed E-state index contributed by atoms with van der Waals surface area (Å²) in [5.74, 6) is -0.432. The fourth-order valence-corrected chi connectivity index (χ4v) is 4.07. The minimum Gasteiger partial charge on any atom is -0.392 e. The summed E-state index contributed by atoms with van der Waals surface area (Å²) >= 11 is 0. The van der Waals surface area contributed by atoms with E-state index >= 15 is 0 Å². The van der Waals surface area contributed by atoms with E-state index in [0.717, 1.165) is 42.4 Å². The first kappa shape index (κ1) is 19.1. The first-order valence-electron chi connectivity index (χ1n) is 9.81. The van der Waals surface area contributed by atoms with E-state index in [4.69, 9.17) is 9.47 Å². The lowest BCUT2D eigenvalue weighted by molar-refractivity contribution is -0.288. The summed E-state index contributed by atoms with van der Waals surface area (Å²) in [5, 5.41) is 9.90. The molecule has 0 bridgehead atoms. The van der Waals surface area contributed by atoms with Crippen LogP contribution in [0.4, 0.5) is 0 Å². The molecular weight excluding hydrogens is 324 g/mol. The van der Waals surface area contributed by atoms with Crippen LogP contribution in [0.25, 0.3) is 0 Å². The highest BCUT2D eigenvalue weighted by atomic mass is 16.7. The smallest absolute Gasteiger partial charge is 0.222 e. The van der Waals surface area contributed by atoms with Gasteiger partial charge in [-0.25, -0.2) is 0 Å². The van der Waals surface area contributed by atoms with Crippen molar-refractivity contribution < 1.29 is 14.6 Å². The first-order chi connectivity index (χ1) is 12.7. The van der Waals surface area contributed by atoms with Crippen LogP contribution in [0.2, 0.25) is 0 Å². The van der Waals surface area contributed by atoms with Gasteiger partial charge in [0, 0.05) is 11.1 Å². The summed E-state index contributed by atoms with van der Waals surface area (Å²) in [5.41, 5.74) is 2.74. The Morgan fingerprint density at radius 3 is 2.50 bits per heavy atom. The van der Waals surface area contributed by atoms with Crippen molar-refractivity contribution in [1.29, 1.82) is 0 Å². The molecule has 140 valence electrons. The summed E-state index contributed by atoms with van der Waals surface area (Å²) in [7, 11) is 0. The molecule has 0 spiro atoms. The highest BCUT2D eigenvalue weighted by molar-refractivity contribution is 5.39. The van der Waals surface area contributed by atoms with Gasteiger partial charge in [-0.15, -0.1) is 0 Å². The van der Waals surface area contributed by atoms with Crippen LogP contribution in [-0.4, -0.2) is 17.8 Å². The molecule has 2 aromatic rings. The highest BCUT2D eigenvalue weighted by Gasteiger charge is 2.44. The van der Waals surface area contributed by atoms with Crippen LogP contribution in [0.1, 0.15) is 56.2 Å². The highest BCUT2D eigenvalue weighted by Crippen LogP contribution is 2.43. The van der Waals surface area contributed by atoms with Crippen molar-refractivity contribution in [3.63, 3.8) is 0 Å². The second kappa shape index (κ2) is 8.81. The monoisotopic (exact) mass is 354 g/mol. The standard InChI is InChI=1S/C23H30O3/c1-3-10-18(4-2)22-15-16-25-23(26-22,20-12-6-5-7-13-20)21-14-9-8-11-19(21)17-24/h5-9,11-14,18,22,24H,3-4,10,15-17H2,1-2H3. The van der Waals surface area contributed by atoms with Gasteiger partial charge in [-0.2, -0.15) is 0 Å². The molecule has 3 unspecified atom stereocenters. The Labute approximate surface area is 157 Å². The zero-order chi connectivity index (χ0) is 18.4. The summed E-state index contributed by atoms with van der Waals surface area (Å²) in [4.78, 5) is 0. The number of ether oxygens (including phenoxy) is 2. The maximum atomic E-state index is 9.90. The van der Waals surface area contributed by atoms with Crippen molar-refractivity contribution in [2.45, 2.75) is 58.0 Å². The van der Waals surface area contributed by atoms with E-state index < -0.39 is 5.79 Å². The minimum atomic E-state index is -0.954. The number of aliphatic hydroxyl groups excluding tert-OH is 1. The summed E-state index contributed by atoms with van der Waals surface area (Å²) in [6.45, 7) is 5.09. The van der Waals surface area contributed by atoms with Crippen molar-refractivity contribution in [3.05, 3.63) is 71.3 Å². The molecule has 3 heteroatoms. The predicted octanol–water partition coefficient (Wildman–Crippen LogP) is 5.01. The van der Waals surface area contributed by atoms with Crippen LogP contribution in [0.3, 0.4) is 0 Å². The lowest BCUT2D eigenvalue weighted by Crippen LogP contribution is -2.46. The van der Waals surface area contributed by atoms with Crippen LogP contribution in [-0.2, 0) is 21.9 Å². The van der Waals surface area contributed by atoms with Crippen LogP contribution in [0.5, 0.6) is 0 Å². The van der Waals surface area contributed by atoms with Gasteiger partial charge in [0.15, 0.2) is 0 Å². The summed E-state index contributed by atoms with van der Waals surface area (Å²) < 4.78 is 13.1. The van der Waals surface area contributed by atoms with E-state index in [1.54, 1.807) is 0 Å². The SMILES string of the molecule is CCCC(CC)C1CCOC(c2ccccc2)(c2ccccc2CO)O1. The Hall–Kier alpha value is -1.68. The molecule has 1 saturated heterocycles. The van der Waals surface area contributed by atoms with Crippen LogP contribution < -0.4 is 0 Å². The van der Waals surface area contributed by atoms with Crippen molar-refractivity contribution in [3.8, 4) is 0 Å². The number of benzene rings is 2. The molecule has 1 heterocycles. The number of hydrogen-bond acceptors (Lipinski definition) is 3. The molecule has 0 radical (unpaired) electrons. The van der Waals surface area contributed by atoms with E-state index in [1.807, 2.05) is 42.5 Å². The normalized spacial score (nSPS) is 24.3. The Kier molecular flexibility index (Phi) is 6.47. The maximum Gasteiger partial charge on any atom is 0.222 e. The Morgan fingerprint density at radius 2 is 1.81 bits per heavy atom. The number of rotatable bonds is 7. The van der Waals surface area contributed by atoms with E-state index in [2.05, 4.69) is 26.0 Å². The molecule has 3 rings (SSSR count). The molecule has 1 N–H and O–H groups in total. The molecule has 1 aliphatic rings. The summed E-state index contributed by atoms with van der Waals surface area (Å²) in [6, 6.07) is 18.0. The second-order valence-electron chi connectivity index (χ2n) is 7.05. The van der Waals surface area contributed by atoms with Gasteiger partial charge in [-0.1, -0.05) is 81.3 Å². The minimum absolute atomic E-state index is 0.0334. The molecule has 3 nitrogen and oxygen atoms in total. The van der Waals surface area contributed by atoms with Gasteiger partial charge < -0.3 is 14.6 Å². The van der Waals surface area contributed by atoms with Gasteiger partial charge in [0.25, 0.3) is 0 Å². The molecule has 0 saturated carbocycles. The van der Waals surface area contributed by atoms with Crippen molar-refractivity contribution in [2.75, 3.05) is 6.61 Å². The van der Waals surface area contributed by atoms with Crippen LogP contribution in [0, 0.1) is 5.92 Å². The van der Waals surface area contributed by atoms with Gasteiger partial charge in [0.05, 0.1) is 19.3 Å². The molecule has 0 aliphatic carbocycles. The zero-order valence-electron chi connectivity index (χ0n) is 15.9. The molecule has 2 aromatic carbocycles. The van der Waals surface area contributed by atoms with Crippen molar-refractivity contribution in [2.24, 2.45) is 5.92 Å². The van der Waals surface area contributed by atoms with E-state index in [-0.39, 0.29) is 12.7 Å². The largest absolute Gasteiger partial charge is 0.392 e.